The van der Waals surface area contributed by atoms with Gasteiger partial charge in [-0.2, -0.15) is 0 Å². The second kappa shape index (κ2) is 9.06. The lowest BCUT2D eigenvalue weighted by Crippen LogP contribution is -2.53. The molecule has 0 amide bonds. The van der Waals surface area contributed by atoms with Crippen molar-refractivity contribution in [2.24, 2.45) is 10.8 Å². The fourth-order valence-electron chi connectivity index (χ4n) is 3.76. The Morgan fingerprint density at radius 3 is 2.06 bits per heavy atom. The zero-order valence-corrected chi connectivity index (χ0v) is 21.8. The van der Waals surface area contributed by atoms with Gasteiger partial charge >= 0.3 is 11.9 Å². The van der Waals surface area contributed by atoms with Crippen LogP contribution in [0, 0.1) is 10.8 Å². The molecule has 0 saturated carbocycles. The first-order valence-electron chi connectivity index (χ1n) is 11.8. The number of ether oxygens (including phenoxy) is 2. The highest BCUT2D eigenvalue weighted by molar-refractivity contribution is 6.23. The van der Waals surface area contributed by atoms with Gasteiger partial charge in [-0.25, -0.2) is 0 Å². The maximum absolute atomic E-state index is 14.0. The first kappa shape index (κ1) is 26.3. The van der Waals surface area contributed by atoms with Gasteiger partial charge in [0.15, 0.2) is 5.78 Å². The van der Waals surface area contributed by atoms with E-state index in [-0.39, 0.29) is 23.7 Å². The van der Waals surface area contributed by atoms with Gasteiger partial charge in [-0.15, -0.1) is 0 Å². The molecule has 1 aliphatic rings. The zero-order valence-electron chi connectivity index (χ0n) is 21.8. The van der Waals surface area contributed by atoms with Crippen LogP contribution < -0.4 is 4.74 Å². The molecule has 0 spiro atoms. The van der Waals surface area contributed by atoms with E-state index in [9.17, 15) is 19.2 Å². The number of ketones is 2. The van der Waals surface area contributed by atoms with Crippen LogP contribution in [-0.2, 0) is 31.1 Å². The molecule has 0 N–H and O–H groups in total. The average molecular weight is 479 g/mol. The molecule has 0 bridgehead atoms. The van der Waals surface area contributed by atoms with Crippen LogP contribution in [0.1, 0.15) is 88.4 Å². The molecule has 0 aliphatic heterocycles. The SMILES string of the molecule is CC(C)c1ccc(C2(OC(=O)C(C)(C)C)C(=O)Cc3ccccc3C2=O)c(OC(=O)C(C)(C)C)c1. The van der Waals surface area contributed by atoms with Crippen LogP contribution in [-0.4, -0.2) is 23.5 Å². The first-order chi connectivity index (χ1) is 16.1. The van der Waals surface area contributed by atoms with E-state index in [1.165, 1.54) is 0 Å². The molecule has 35 heavy (non-hydrogen) atoms. The van der Waals surface area contributed by atoms with Crippen LogP contribution in [0.4, 0.5) is 0 Å². The molecular formula is C29H34O6. The molecule has 0 radical (unpaired) electrons. The van der Waals surface area contributed by atoms with Crippen LogP contribution in [0.2, 0.25) is 0 Å². The predicted molar refractivity (Wildman–Crippen MR) is 132 cm³/mol. The Hall–Kier alpha value is -3.28. The minimum atomic E-state index is -2.26. The largest absolute Gasteiger partial charge is 0.437 e. The van der Waals surface area contributed by atoms with Gasteiger partial charge in [-0.1, -0.05) is 50.2 Å². The smallest absolute Gasteiger partial charge is 0.316 e. The molecule has 2 aromatic carbocycles. The number of esters is 2. The van der Waals surface area contributed by atoms with Gasteiger partial charge in [-0.3, -0.25) is 19.2 Å². The Morgan fingerprint density at radius 2 is 1.49 bits per heavy atom. The topological polar surface area (TPSA) is 86.7 Å². The highest BCUT2D eigenvalue weighted by Crippen LogP contribution is 2.44. The van der Waals surface area contributed by atoms with Gasteiger partial charge < -0.3 is 9.47 Å². The van der Waals surface area contributed by atoms with E-state index >= 15 is 0 Å². The van der Waals surface area contributed by atoms with Gasteiger partial charge in [0.05, 0.1) is 16.4 Å². The van der Waals surface area contributed by atoms with E-state index in [1.54, 1.807) is 84.0 Å². The van der Waals surface area contributed by atoms with Crippen molar-refractivity contribution in [1.82, 2.24) is 0 Å². The quantitative estimate of drug-likeness (QED) is 0.325. The maximum atomic E-state index is 14.0. The summed E-state index contributed by atoms with van der Waals surface area (Å²) in [4.78, 5) is 53.8. The summed E-state index contributed by atoms with van der Waals surface area (Å²) in [7, 11) is 0. The number of rotatable bonds is 4. The van der Waals surface area contributed by atoms with Gasteiger partial charge in [0, 0.05) is 12.0 Å². The van der Waals surface area contributed by atoms with Crippen molar-refractivity contribution in [1.29, 1.82) is 0 Å². The van der Waals surface area contributed by atoms with Crippen molar-refractivity contribution in [2.75, 3.05) is 0 Å². The zero-order chi connectivity index (χ0) is 26.3. The number of carbonyl (C=O) groups is 4. The maximum Gasteiger partial charge on any atom is 0.316 e. The second-order valence-electron chi connectivity index (χ2n) is 11.5. The fraction of sp³-hybridized carbons (Fsp3) is 0.448. The van der Waals surface area contributed by atoms with E-state index in [0.29, 0.717) is 11.1 Å². The minimum Gasteiger partial charge on any atom is -0.437 e. The number of Topliss-reactive ketones (excluding diaryl/α,β-unsaturated/α-hetero) is 2. The molecule has 1 atom stereocenters. The van der Waals surface area contributed by atoms with Gasteiger partial charge in [0.25, 0.3) is 5.60 Å². The molecule has 186 valence electrons. The summed E-state index contributed by atoms with van der Waals surface area (Å²) in [6, 6.07) is 11.8. The summed E-state index contributed by atoms with van der Waals surface area (Å²) in [5.74, 6) is -2.34. The molecule has 1 aliphatic carbocycles. The highest BCUT2D eigenvalue weighted by atomic mass is 16.6. The van der Waals surface area contributed by atoms with Crippen LogP contribution in [0.15, 0.2) is 42.5 Å². The van der Waals surface area contributed by atoms with Crippen LogP contribution in [0.3, 0.4) is 0 Å². The fourth-order valence-corrected chi connectivity index (χ4v) is 3.76. The first-order valence-corrected chi connectivity index (χ1v) is 11.8. The third-order valence-electron chi connectivity index (χ3n) is 6.05. The Morgan fingerprint density at radius 1 is 0.886 bits per heavy atom. The van der Waals surface area contributed by atoms with Crippen LogP contribution >= 0.6 is 0 Å². The third-order valence-corrected chi connectivity index (χ3v) is 6.05. The molecule has 6 nitrogen and oxygen atoms in total. The third kappa shape index (κ3) is 4.93. The molecule has 0 fully saturated rings. The van der Waals surface area contributed by atoms with E-state index in [1.807, 2.05) is 13.8 Å². The van der Waals surface area contributed by atoms with E-state index in [2.05, 4.69) is 0 Å². The monoisotopic (exact) mass is 478 g/mol. The molecular weight excluding hydrogens is 444 g/mol. The molecule has 6 heteroatoms. The van der Waals surface area contributed by atoms with Crippen LogP contribution in [0.5, 0.6) is 5.75 Å². The Bertz CT molecular complexity index is 1190. The predicted octanol–water partition coefficient (Wildman–Crippen LogP) is 5.55. The molecule has 0 aromatic heterocycles. The minimum absolute atomic E-state index is 0.0407. The van der Waals surface area contributed by atoms with Gasteiger partial charge in [-0.05, 0) is 64.7 Å². The van der Waals surface area contributed by atoms with Crippen molar-refractivity contribution in [2.45, 2.75) is 73.3 Å². The average Bonchev–Trinajstić information content (AvgIpc) is 2.75. The molecule has 0 saturated heterocycles. The van der Waals surface area contributed by atoms with E-state index in [4.69, 9.17) is 9.47 Å². The number of carbonyl (C=O) groups excluding carboxylic acids is 4. The van der Waals surface area contributed by atoms with Crippen LogP contribution in [0.25, 0.3) is 0 Å². The van der Waals surface area contributed by atoms with Gasteiger partial charge in [0.2, 0.25) is 5.78 Å². The van der Waals surface area contributed by atoms with Crippen molar-refractivity contribution < 1.29 is 28.7 Å². The standard InChI is InChI=1S/C29H34O6/c1-17(2)18-13-14-21(22(15-18)34-25(32)27(3,4)5)29(35-26(33)28(6,7)8)23(30)16-19-11-9-10-12-20(19)24(29)31/h9-15,17H,16H2,1-8H3. The van der Waals surface area contributed by atoms with Crippen molar-refractivity contribution in [3.63, 3.8) is 0 Å². The highest BCUT2D eigenvalue weighted by Gasteiger charge is 2.56. The van der Waals surface area contributed by atoms with Crippen molar-refractivity contribution in [3.8, 4) is 5.75 Å². The number of benzene rings is 2. The van der Waals surface area contributed by atoms with E-state index in [0.717, 1.165) is 5.56 Å². The lowest BCUT2D eigenvalue weighted by atomic mass is 9.73. The normalized spacial score (nSPS) is 18.3. The lowest BCUT2D eigenvalue weighted by Gasteiger charge is -2.37. The summed E-state index contributed by atoms with van der Waals surface area (Å²) in [5, 5.41) is 0. The van der Waals surface area contributed by atoms with Crippen molar-refractivity contribution >= 4 is 23.5 Å². The van der Waals surface area contributed by atoms with Gasteiger partial charge in [0.1, 0.15) is 5.75 Å². The lowest BCUT2D eigenvalue weighted by molar-refractivity contribution is -0.171. The summed E-state index contributed by atoms with van der Waals surface area (Å²) >= 11 is 0. The number of hydrogen-bond donors (Lipinski definition) is 0. The molecule has 1 unspecified atom stereocenters. The summed E-state index contributed by atoms with van der Waals surface area (Å²) in [6.45, 7) is 14.0. The number of fused-ring (bicyclic) bond motifs is 1. The Labute approximate surface area is 207 Å². The number of hydrogen-bond acceptors (Lipinski definition) is 6. The molecule has 2 aromatic rings. The molecule has 0 heterocycles. The van der Waals surface area contributed by atoms with E-state index < -0.39 is 39.9 Å². The Balaban J connectivity index is 2.33. The summed E-state index contributed by atoms with van der Waals surface area (Å²) in [5.41, 5.74) is -2.31. The van der Waals surface area contributed by atoms with Crippen molar-refractivity contribution in [3.05, 3.63) is 64.7 Å². The summed E-state index contributed by atoms with van der Waals surface area (Å²) < 4.78 is 11.7. The Kier molecular flexibility index (Phi) is 6.82. The summed E-state index contributed by atoms with van der Waals surface area (Å²) in [6.07, 6.45) is -0.0993. The second-order valence-corrected chi connectivity index (χ2v) is 11.5. The molecule has 3 rings (SSSR count).